The van der Waals surface area contributed by atoms with Gasteiger partial charge in [0.25, 0.3) is 5.82 Å². The minimum Gasteiger partial charge on any atom is -0.463 e. The largest absolute Gasteiger partial charge is 0.463 e. The number of aromatic nitrogens is 4. The molecule has 3 rings (SSSR count). The van der Waals surface area contributed by atoms with Crippen molar-refractivity contribution in [2.75, 3.05) is 12.4 Å². The minimum absolute atomic E-state index is 0. The first kappa shape index (κ1) is 11.5. The van der Waals surface area contributed by atoms with Gasteiger partial charge in [0.1, 0.15) is 0 Å². The Kier molecular flexibility index (Phi) is 2.80. The van der Waals surface area contributed by atoms with E-state index >= 15 is 0 Å². The fourth-order valence-corrected chi connectivity index (χ4v) is 2.10. The molecule has 17 heavy (non-hydrogen) atoms. The maximum absolute atomic E-state index is 11.2. The van der Waals surface area contributed by atoms with Gasteiger partial charge in [-0.3, -0.25) is 4.98 Å². The number of hydrogen-bond donors (Lipinski definition) is 1. The highest BCUT2D eigenvalue weighted by molar-refractivity contribution is 7.09. The summed E-state index contributed by atoms with van der Waals surface area (Å²) in [4.78, 5) is 20.2. The molecular formula is C9H11N5O2S. The van der Waals surface area contributed by atoms with Gasteiger partial charge in [-0.25, -0.2) is 9.48 Å². The van der Waals surface area contributed by atoms with E-state index in [9.17, 15) is 4.79 Å². The van der Waals surface area contributed by atoms with E-state index < -0.39 is 5.97 Å². The first-order valence-electron chi connectivity index (χ1n) is 4.49. The normalized spacial score (nSPS) is 16.2. The van der Waals surface area contributed by atoms with Crippen LogP contribution in [0.1, 0.15) is 29.1 Å². The highest BCUT2D eigenvalue weighted by Gasteiger charge is 2.32. The number of nitrogens with zero attached hydrogens (tertiary/aromatic N) is 4. The van der Waals surface area contributed by atoms with Gasteiger partial charge in [0.15, 0.2) is 6.17 Å². The molecule has 8 heteroatoms. The molecule has 0 bridgehead atoms. The molecule has 1 N–H and O–H groups in total. The van der Waals surface area contributed by atoms with Crippen LogP contribution in [0, 0.1) is 0 Å². The zero-order chi connectivity index (χ0) is 11.1. The van der Waals surface area contributed by atoms with Crippen molar-refractivity contribution in [2.24, 2.45) is 0 Å². The van der Waals surface area contributed by atoms with Gasteiger partial charge < -0.3 is 10.1 Å². The SMILES string of the molecule is C.COC(=O)c1nc2n(n1)C(c1cncs1)N2. The van der Waals surface area contributed by atoms with Crippen LogP contribution < -0.4 is 5.32 Å². The van der Waals surface area contributed by atoms with Gasteiger partial charge in [-0.15, -0.1) is 16.4 Å². The van der Waals surface area contributed by atoms with Crippen molar-refractivity contribution in [3.63, 3.8) is 0 Å². The van der Waals surface area contributed by atoms with Crippen molar-refractivity contribution >= 4 is 23.3 Å². The smallest absolute Gasteiger partial charge is 0.378 e. The molecular weight excluding hydrogens is 242 g/mol. The Morgan fingerprint density at radius 2 is 2.47 bits per heavy atom. The number of rotatable bonds is 2. The molecule has 1 aliphatic rings. The summed E-state index contributed by atoms with van der Waals surface area (Å²) in [5.74, 6) is 0.0996. The van der Waals surface area contributed by atoms with Crippen LogP contribution in [0.15, 0.2) is 11.7 Å². The molecule has 0 saturated heterocycles. The Morgan fingerprint density at radius 3 is 3.12 bits per heavy atom. The second kappa shape index (κ2) is 4.13. The van der Waals surface area contributed by atoms with Crippen molar-refractivity contribution in [3.05, 3.63) is 22.4 Å². The number of thiazole rings is 1. The molecule has 0 amide bonds. The molecule has 3 heterocycles. The van der Waals surface area contributed by atoms with Crippen molar-refractivity contribution in [2.45, 2.75) is 13.6 Å². The molecule has 1 aliphatic heterocycles. The summed E-state index contributed by atoms with van der Waals surface area (Å²) in [6, 6.07) is 0. The molecule has 0 aromatic carbocycles. The van der Waals surface area contributed by atoms with Crippen molar-refractivity contribution < 1.29 is 9.53 Å². The average molecular weight is 253 g/mol. The van der Waals surface area contributed by atoms with E-state index in [2.05, 4.69) is 25.1 Å². The molecule has 7 nitrogen and oxygen atoms in total. The molecule has 0 radical (unpaired) electrons. The Morgan fingerprint density at radius 1 is 1.65 bits per heavy atom. The van der Waals surface area contributed by atoms with Gasteiger partial charge in [-0.05, 0) is 0 Å². The summed E-state index contributed by atoms with van der Waals surface area (Å²) in [5, 5.41) is 7.13. The summed E-state index contributed by atoms with van der Waals surface area (Å²) in [5.41, 5.74) is 1.74. The Hall–Kier alpha value is -1.96. The first-order valence-corrected chi connectivity index (χ1v) is 5.37. The lowest BCUT2D eigenvalue weighted by Crippen LogP contribution is -2.31. The number of ether oxygens (including phenoxy) is 1. The average Bonchev–Trinajstić information content (AvgIpc) is 2.88. The van der Waals surface area contributed by atoms with Crippen molar-refractivity contribution in [3.8, 4) is 0 Å². The zero-order valence-corrected chi connectivity index (χ0v) is 9.06. The first-order chi connectivity index (χ1) is 7.79. The van der Waals surface area contributed by atoms with E-state index in [1.165, 1.54) is 18.4 Å². The highest BCUT2D eigenvalue weighted by Crippen LogP contribution is 2.32. The van der Waals surface area contributed by atoms with Gasteiger partial charge in [0.2, 0.25) is 5.95 Å². The third kappa shape index (κ3) is 1.66. The number of carbonyl (C=O) groups excluding carboxylic acids is 1. The standard InChI is InChI=1S/C8H7N5O2S.CH4/c1-15-7(14)5-10-8-11-6(13(8)12-5)4-2-9-3-16-4;/h2-3,6H,1H3,(H,10,11,12);1H4. The molecule has 2 aromatic heterocycles. The number of nitrogens with one attached hydrogen (secondary N) is 1. The highest BCUT2D eigenvalue weighted by atomic mass is 32.1. The molecule has 90 valence electrons. The summed E-state index contributed by atoms with van der Waals surface area (Å²) in [6.07, 6.45) is 1.68. The molecule has 0 spiro atoms. The van der Waals surface area contributed by atoms with Crippen LogP contribution in [-0.2, 0) is 4.74 Å². The predicted octanol–water partition coefficient (Wildman–Crippen LogP) is 1.13. The molecule has 0 aliphatic carbocycles. The molecule has 2 aromatic rings. The third-order valence-corrected chi connectivity index (χ3v) is 3.06. The number of fused-ring (bicyclic) bond motifs is 1. The molecule has 0 saturated carbocycles. The van der Waals surface area contributed by atoms with Crippen LogP contribution >= 0.6 is 11.3 Å². The molecule has 0 fully saturated rings. The second-order valence-corrected chi connectivity index (χ2v) is 4.06. The number of carbonyl (C=O) groups is 1. The van der Waals surface area contributed by atoms with E-state index in [0.717, 1.165) is 4.88 Å². The Labute approximate surface area is 101 Å². The maximum Gasteiger partial charge on any atom is 0.378 e. The van der Waals surface area contributed by atoms with Gasteiger partial charge in [0, 0.05) is 6.20 Å². The number of methoxy groups -OCH3 is 1. The van der Waals surface area contributed by atoms with E-state index in [4.69, 9.17) is 0 Å². The van der Waals surface area contributed by atoms with E-state index in [-0.39, 0.29) is 19.4 Å². The lowest BCUT2D eigenvalue weighted by Gasteiger charge is -2.27. The van der Waals surface area contributed by atoms with Crippen LogP contribution in [0.25, 0.3) is 0 Å². The van der Waals surface area contributed by atoms with Gasteiger partial charge in [-0.2, -0.15) is 4.98 Å². The lowest BCUT2D eigenvalue weighted by atomic mass is 10.3. The van der Waals surface area contributed by atoms with E-state index in [0.29, 0.717) is 5.95 Å². The topological polar surface area (TPSA) is 81.9 Å². The summed E-state index contributed by atoms with van der Waals surface area (Å²) < 4.78 is 6.18. The third-order valence-electron chi connectivity index (χ3n) is 2.23. The van der Waals surface area contributed by atoms with Crippen LogP contribution in [-0.4, -0.2) is 32.8 Å². The van der Waals surface area contributed by atoms with Crippen LogP contribution in [0.5, 0.6) is 0 Å². The van der Waals surface area contributed by atoms with E-state index in [1.807, 2.05) is 0 Å². The van der Waals surface area contributed by atoms with Crippen molar-refractivity contribution in [1.82, 2.24) is 19.7 Å². The Bertz CT molecular complexity index is 536. The minimum atomic E-state index is -0.535. The lowest BCUT2D eigenvalue weighted by molar-refractivity contribution is 0.0586. The summed E-state index contributed by atoms with van der Waals surface area (Å²) in [7, 11) is 1.30. The molecule has 1 unspecified atom stereocenters. The number of esters is 1. The fraction of sp³-hybridized carbons (Fsp3) is 0.333. The summed E-state index contributed by atoms with van der Waals surface area (Å²) >= 11 is 1.52. The summed E-state index contributed by atoms with van der Waals surface area (Å²) in [6.45, 7) is 0. The zero-order valence-electron chi connectivity index (χ0n) is 8.25. The van der Waals surface area contributed by atoms with Gasteiger partial charge >= 0.3 is 5.97 Å². The van der Waals surface area contributed by atoms with Crippen molar-refractivity contribution in [1.29, 1.82) is 0 Å². The van der Waals surface area contributed by atoms with Crippen LogP contribution in [0.4, 0.5) is 5.95 Å². The van der Waals surface area contributed by atoms with E-state index in [1.54, 1.807) is 16.4 Å². The van der Waals surface area contributed by atoms with Crippen LogP contribution in [0.3, 0.4) is 0 Å². The number of hydrogen-bond acceptors (Lipinski definition) is 7. The monoisotopic (exact) mass is 253 g/mol. The quantitative estimate of drug-likeness (QED) is 0.808. The maximum atomic E-state index is 11.2. The molecule has 1 atom stereocenters. The number of anilines is 1. The predicted molar refractivity (Wildman–Crippen MR) is 62.0 cm³/mol. The fourth-order valence-electron chi connectivity index (χ4n) is 1.45. The second-order valence-electron chi connectivity index (χ2n) is 3.15. The van der Waals surface area contributed by atoms with Gasteiger partial charge in [-0.1, -0.05) is 7.43 Å². The van der Waals surface area contributed by atoms with Crippen LogP contribution in [0.2, 0.25) is 0 Å². The Balaban J connectivity index is 0.00000108. The van der Waals surface area contributed by atoms with Gasteiger partial charge in [0.05, 0.1) is 17.5 Å².